The largest absolute Gasteiger partial charge is 0.444 e. The lowest BCUT2D eigenvalue weighted by molar-refractivity contribution is 0.215. The highest BCUT2D eigenvalue weighted by Crippen LogP contribution is 2.27. The first-order valence-corrected chi connectivity index (χ1v) is 8.72. The first kappa shape index (κ1) is 17.8. The molecular weight excluding hydrogens is 290 g/mol. The number of nitrogens with zero attached hydrogens (tertiary/aromatic N) is 3. The van der Waals surface area contributed by atoms with E-state index < -0.39 is 0 Å². The van der Waals surface area contributed by atoms with Crippen molar-refractivity contribution < 1.29 is 4.42 Å². The maximum Gasteiger partial charge on any atom is 0.216 e. The second-order valence-corrected chi connectivity index (χ2v) is 6.43. The topological polar surface area (TPSA) is 65.7 Å². The van der Waals surface area contributed by atoms with Gasteiger partial charge in [-0.15, -0.1) is 0 Å². The van der Waals surface area contributed by atoms with Crippen LogP contribution in [0.1, 0.15) is 51.0 Å². The van der Waals surface area contributed by atoms with E-state index in [0.29, 0.717) is 18.5 Å². The van der Waals surface area contributed by atoms with Gasteiger partial charge in [-0.25, -0.2) is 9.98 Å². The number of hydrogen-bond donors (Lipinski definition) is 2. The number of rotatable bonds is 8. The van der Waals surface area contributed by atoms with Crippen molar-refractivity contribution in [2.45, 2.75) is 66.1 Å². The lowest BCUT2D eigenvalue weighted by atomic mass is 10.3. The van der Waals surface area contributed by atoms with Gasteiger partial charge in [0.2, 0.25) is 5.89 Å². The van der Waals surface area contributed by atoms with E-state index >= 15 is 0 Å². The second-order valence-electron chi connectivity index (χ2n) is 6.43. The van der Waals surface area contributed by atoms with Crippen molar-refractivity contribution >= 4 is 5.96 Å². The zero-order valence-electron chi connectivity index (χ0n) is 15.1. The maximum atomic E-state index is 5.57. The van der Waals surface area contributed by atoms with Crippen LogP contribution in [-0.4, -0.2) is 47.6 Å². The minimum Gasteiger partial charge on any atom is -0.444 e. The first-order valence-electron chi connectivity index (χ1n) is 8.72. The molecule has 1 aliphatic carbocycles. The van der Waals surface area contributed by atoms with Crippen LogP contribution >= 0.6 is 0 Å². The molecule has 0 saturated heterocycles. The Hall–Kier alpha value is -1.56. The third-order valence-electron chi connectivity index (χ3n) is 4.13. The Bertz CT molecular complexity index is 498. The van der Waals surface area contributed by atoms with Crippen LogP contribution in [0.3, 0.4) is 0 Å². The molecule has 1 fully saturated rings. The molecule has 0 spiro atoms. The van der Waals surface area contributed by atoms with Crippen molar-refractivity contribution in [1.29, 1.82) is 0 Å². The van der Waals surface area contributed by atoms with Gasteiger partial charge >= 0.3 is 0 Å². The standard InChI is InChI=1S/C17H31N5O/c1-6-18-17(20-11-16-21-13(4)14(5)23-16)19-9-10-22(12(2)3)15-7-8-15/h12,15H,6-11H2,1-5H3,(H2,18,19,20). The summed E-state index contributed by atoms with van der Waals surface area (Å²) in [6.45, 7) is 13.7. The summed E-state index contributed by atoms with van der Waals surface area (Å²) in [5, 5.41) is 6.68. The predicted molar refractivity (Wildman–Crippen MR) is 93.7 cm³/mol. The Kier molecular flexibility index (Phi) is 6.45. The number of oxazole rings is 1. The van der Waals surface area contributed by atoms with Crippen LogP contribution < -0.4 is 10.6 Å². The molecule has 0 radical (unpaired) electrons. The summed E-state index contributed by atoms with van der Waals surface area (Å²) < 4.78 is 5.57. The number of aryl methyl sites for hydroxylation is 2. The average Bonchev–Trinajstić information content (AvgIpc) is 3.27. The van der Waals surface area contributed by atoms with Gasteiger partial charge in [0.05, 0.1) is 5.69 Å². The molecule has 0 aliphatic heterocycles. The zero-order valence-corrected chi connectivity index (χ0v) is 15.1. The van der Waals surface area contributed by atoms with E-state index in [1.54, 1.807) is 0 Å². The first-order chi connectivity index (χ1) is 11.0. The van der Waals surface area contributed by atoms with E-state index in [-0.39, 0.29) is 0 Å². The van der Waals surface area contributed by atoms with Crippen molar-refractivity contribution in [3.63, 3.8) is 0 Å². The summed E-state index contributed by atoms with van der Waals surface area (Å²) in [5.41, 5.74) is 0.935. The Morgan fingerprint density at radius 3 is 2.61 bits per heavy atom. The van der Waals surface area contributed by atoms with Gasteiger partial charge in [-0.05, 0) is 47.5 Å². The number of guanidine groups is 1. The van der Waals surface area contributed by atoms with Crippen molar-refractivity contribution in [3.05, 3.63) is 17.3 Å². The van der Waals surface area contributed by atoms with Crippen LogP contribution in [-0.2, 0) is 6.54 Å². The molecule has 0 unspecified atom stereocenters. The van der Waals surface area contributed by atoms with Crippen molar-refractivity contribution in [2.24, 2.45) is 4.99 Å². The molecule has 1 aromatic heterocycles. The molecule has 2 N–H and O–H groups in total. The summed E-state index contributed by atoms with van der Waals surface area (Å²) in [5.74, 6) is 2.35. The minimum absolute atomic E-state index is 0.459. The molecule has 2 rings (SSSR count). The summed E-state index contributed by atoms with van der Waals surface area (Å²) in [6, 6.07) is 1.39. The van der Waals surface area contributed by atoms with Crippen LogP contribution in [0.15, 0.2) is 9.41 Å². The third kappa shape index (κ3) is 5.53. The molecule has 1 aliphatic rings. The van der Waals surface area contributed by atoms with E-state index in [2.05, 4.69) is 46.3 Å². The van der Waals surface area contributed by atoms with Crippen LogP contribution in [0.25, 0.3) is 0 Å². The molecular formula is C17H31N5O. The molecule has 1 aromatic rings. The Labute approximate surface area is 139 Å². The second kappa shape index (κ2) is 8.34. The van der Waals surface area contributed by atoms with Gasteiger partial charge in [-0.3, -0.25) is 4.90 Å². The lowest BCUT2D eigenvalue weighted by Gasteiger charge is -2.26. The minimum atomic E-state index is 0.459. The Morgan fingerprint density at radius 1 is 1.35 bits per heavy atom. The number of hydrogen-bond acceptors (Lipinski definition) is 4. The lowest BCUT2D eigenvalue weighted by Crippen LogP contribution is -2.43. The summed E-state index contributed by atoms with van der Waals surface area (Å²) in [6.07, 6.45) is 2.68. The Balaban J connectivity index is 1.83. The SMILES string of the molecule is CCNC(=NCc1nc(C)c(C)o1)NCCN(C(C)C)C1CC1. The number of aromatic nitrogens is 1. The molecule has 0 atom stereocenters. The van der Waals surface area contributed by atoms with E-state index in [1.807, 2.05) is 13.8 Å². The number of nitrogens with one attached hydrogen (secondary N) is 2. The molecule has 6 nitrogen and oxygen atoms in total. The summed E-state index contributed by atoms with van der Waals surface area (Å²) >= 11 is 0. The van der Waals surface area contributed by atoms with Crippen molar-refractivity contribution in [2.75, 3.05) is 19.6 Å². The molecule has 1 heterocycles. The van der Waals surface area contributed by atoms with Crippen LogP contribution in [0, 0.1) is 13.8 Å². The highest BCUT2D eigenvalue weighted by atomic mass is 16.4. The molecule has 0 bridgehead atoms. The molecule has 130 valence electrons. The molecule has 0 aromatic carbocycles. The van der Waals surface area contributed by atoms with E-state index in [0.717, 1.165) is 43.1 Å². The van der Waals surface area contributed by atoms with Gasteiger partial charge in [-0.1, -0.05) is 0 Å². The van der Waals surface area contributed by atoms with E-state index in [1.165, 1.54) is 12.8 Å². The quantitative estimate of drug-likeness (QED) is 0.568. The fourth-order valence-corrected chi connectivity index (χ4v) is 2.67. The van der Waals surface area contributed by atoms with Gasteiger partial charge in [0, 0.05) is 31.7 Å². The molecule has 1 saturated carbocycles. The van der Waals surface area contributed by atoms with Crippen molar-refractivity contribution in [1.82, 2.24) is 20.5 Å². The predicted octanol–water partition coefficient (Wildman–Crippen LogP) is 2.22. The van der Waals surface area contributed by atoms with E-state index in [4.69, 9.17) is 4.42 Å². The monoisotopic (exact) mass is 321 g/mol. The average molecular weight is 321 g/mol. The van der Waals surface area contributed by atoms with Crippen molar-refractivity contribution in [3.8, 4) is 0 Å². The summed E-state index contributed by atoms with van der Waals surface area (Å²) in [4.78, 5) is 11.5. The fourth-order valence-electron chi connectivity index (χ4n) is 2.67. The van der Waals surface area contributed by atoms with Gasteiger partial charge < -0.3 is 15.1 Å². The smallest absolute Gasteiger partial charge is 0.216 e. The molecule has 23 heavy (non-hydrogen) atoms. The number of aliphatic imine (C=N–C) groups is 1. The zero-order chi connectivity index (χ0) is 16.8. The fraction of sp³-hybridized carbons (Fsp3) is 0.765. The van der Waals surface area contributed by atoms with Crippen LogP contribution in [0.4, 0.5) is 0 Å². The van der Waals surface area contributed by atoms with Crippen LogP contribution in [0.2, 0.25) is 0 Å². The maximum absolute atomic E-state index is 5.57. The highest BCUT2D eigenvalue weighted by Gasteiger charge is 2.30. The van der Waals surface area contributed by atoms with Gasteiger partial charge in [-0.2, -0.15) is 0 Å². The Morgan fingerprint density at radius 2 is 2.09 bits per heavy atom. The molecule has 0 amide bonds. The summed E-state index contributed by atoms with van der Waals surface area (Å²) in [7, 11) is 0. The van der Waals surface area contributed by atoms with Gasteiger partial charge in [0.25, 0.3) is 0 Å². The van der Waals surface area contributed by atoms with Gasteiger partial charge in [0.1, 0.15) is 12.3 Å². The van der Waals surface area contributed by atoms with E-state index in [9.17, 15) is 0 Å². The third-order valence-corrected chi connectivity index (χ3v) is 4.13. The highest BCUT2D eigenvalue weighted by molar-refractivity contribution is 5.79. The van der Waals surface area contributed by atoms with Crippen LogP contribution in [0.5, 0.6) is 0 Å². The van der Waals surface area contributed by atoms with Gasteiger partial charge in [0.15, 0.2) is 5.96 Å². The normalized spacial score (nSPS) is 15.5. The molecule has 6 heteroatoms.